The van der Waals surface area contributed by atoms with Crippen molar-refractivity contribution in [3.05, 3.63) is 48.1 Å². The molecule has 2 aromatic carbocycles. The Labute approximate surface area is 216 Å². The molecule has 0 N–H and O–H groups in total. The number of fused-ring (bicyclic) bond motifs is 1. The number of hydrogen-bond acceptors (Lipinski definition) is 6. The van der Waals surface area contributed by atoms with E-state index in [0.717, 1.165) is 57.6 Å². The molecule has 0 radical (unpaired) electrons. The fraction of sp³-hybridized carbons (Fsp3) is 0.455. The SMILES string of the molecule is O=S(=O)([O-])c1ccc(OS(=O)(=O)c2cc(I)cc(I)c2C2CCCCC2)c2c1CCCC2. The van der Waals surface area contributed by atoms with Gasteiger partial charge in [0.15, 0.2) is 0 Å². The molecule has 2 aliphatic carbocycles. The lowest BCUT2D eigenvalue weighted by Gasteiger charge is -2.26. The molecular weight excluding hydrogens is 678 g/mol. The molecule has 0 atom stereocenters. The van der Waals surface area contributed by atoms with Gasteiger partial charge >= 0.3 is 10.1 Å². The van der Waals surface area contributed by atoms with E-state index in [2.05, 4.69) is 45.2 Å². The summed E-state index contributed by atoms with van der Waals surface area (Å²) in [5, 5.41) is 0. The van der Waals surface area contributed by atoms with Crippen molar-refractivity contribution in [1.82, 2.24) is 0 Å². The molecule has 0 saturated heterocycles. The molecule has 10 heteroatoms. The molecule has 0 aromatic heterocycles. The fourth-order valence-electron chi connectivity index (χ4n) is 4.83. The standard InChI is InChI=1S/C22H24I2O6S2/c23-15-12-18(24)22(14-6-2-1-3-7-14)21(13-15)32(28,29)30-19-10-11-20(31(25,26)27)17-9-5-4-8-16(17)19/h10-14H,1-9H2,(H,25,26,27)/p-1. The van der Waals surface area contributed by atoms with Crippen molar-refractivity contribution in [2.75, 3.05) is 0 Å². The molecule has 174 valence electrons. The van der Waals surface area contributed by atoms with Crippen molar-refractivity contribution >= 4 is 65.4 Å². The number of hydrogen-bond donors (Lipinski definition) is 0. The monoisotopic (exact) mass is 701 g/mol. The lowest BCUT2D eigenvalue weighted by atomic mass is 9.84. The van der Waals surface area contributed by atoms with Gasteiger partial charge in [-0.25, -0.2) is 8.42 Å². The van der Waals surface area contributed by atoms with E-state index in [-0.39, 0.29) is 21.5 Å². The van der Waals surface area contributed by atoms with Gasteiger partial charge in [-0.3, -0.25) is 0 Å². The Morgan fingerprint density at radius 2 is 1.50 bits per heavy atom. The Morgan fingerprint density at radius 1 is 0.844 bits per heavy atom. The molecule has 6 nitrogen and oxygen atoms in total. The Morgan fingerprint density at radius 3 is 2.16 bits per heavy atom. The molecule has 0 amide bonds. The van der Waals surface area contributed by atoms with Gasteiger partial charge in [-0.15, -0.1) is 0 Å². The summed E-state index contributed by atoms with van der Waals surface area (Å²) in [6, 6.07) is 6.13. The summed E-state index contributed by atoms with van der Waals surface area (Å²) in [4.78, 5) is -0.0885. The molecule has 0 unspecified atom stereocenters. The summed E-state index contributed by atoms with van der Waals surface area (Å²) < 4.78 is 69.5. The topological polar surface area (TPSA) is 101 Å². The summed E-state index contributed by atoms with van der Waals surface area (Å²) in [7, 11) is -8.80. The quantitative estimate of drug-likeness (QED) is 0.232. The van der Waals surface area contributed by atoms with Gasteiger partial charge in [0, 0.05) is 12.7 Å². The van der Waals surface area contributed by atoms with Crippen molar-refractivity contribution in [1.29, 1.82) is 0 Å². The minimum absolute atomic E-state index is 0.121. The highest BCUT2D eigenvalue weighted by atomic mass is 127. The molecular formula is C22H23I2O6S2-. The summed E-state index contributed by atoms with van der Waals surface area (Å²) in [5.41, 5.74) is 1.72. The Bertz CT molecular complexity index is 1250. The van der Waals surface area contributed by atoms with Crippen LogP contribution >= 0.6 is 45.2 Å². The second-order valence-electron chi connectivity index (χ2n) is 8.35. The van der Waals surface area contributed by atoms with Crippen LogP contribution in [0.3, 0.4) is 0 Å². The maximum absolute atomic E-state index is 13.5. The zero-order valence-electron chi connectivity index (χ0n) is 17.3. The van der Waals surface area contributed by atoms with Crippen LogP contribution in [0.1, 0.15) is 67.6 Å². The molecule has 1 fully saturated rings. The van der Waals surface area contributed by atoms with E-state index in [1.165, 1.54) is 12.1 Å². The lowest BCUT2D eigenvalue weighted by molar-refractivity contribution is 0.432. The van der Waals surface area contributed by atoms with Crippen LogP contribution in [0.15, 0.2) is 34.1 Å². The summed E-state index contributed by atoms with van der Waals surface area (Å²) in [5.74, 6) is 0.290. The Kier molecular flexibility index (Phi) is 7.45. The van der Waals surface area contributed by atoms with Crippen LogP contribution in [-0.4, -0.2) is 21.4 Å². The van der Waals surface area contributed by atoms with Gasteiger partial charge in [0.1, 0.15) is 20.8 Å². The van der Waals surface area contributed by atoms with Crippen LogP contribution in [-0.2, 0) is 33.1 Å². The van der Waals surface area contributed by atoms with E-state index in [1.807, 2.05) is 6.07 Å². The average Bonchev–Trinajstić information content (AvgIpc) is 2.73. The molecule has 0 heterocycles. The number of halogens is 2. The van der Waals surface area contributed by atoms with E-state index in [0.29, 0.717) is 24.0 Å². The van der Waals surface area contributed by atoms with E-state index in [1.54, 1.807) is 6.07 Å². The highest BCUT2D eigenvalue weighted by Gasteiger charge is 2.31. The van der Waals surface area contributed by atoms with Crippen molar-refractivity contribution in [3.63, 3.8) is 0 Å². The minimum Gasteiger partial charge on any atom is -0.744 e. The number of benzene rings is 2. The van der Waals surface area contributed by atoms with Crippen molar-refractivity contribution in [2.45, 2.75) is 73.5 Å². The second-order valence-corrected chi connectivity index (χ2v) is 13.6. The highest BCUT2D eigenvalue weighted by Crippen LogP contribution is 2.41. The zero-order valence-corrected chi connectivity index (χ0v) is 23.2. The third-order valence-electron chi connectivity index (χ3n) is 6.26. The summed E-state index contributed by atoms with van der Waals surface area (Å²) >= 11 is 4.32. The van der Waals surface area contributed by atoms with Crippen LogP contribution in [0.2, 0.25) is 0 Å². The maximum Gasteiger partial charge on any atom is 0.339 e. The fourth-order valence-corrected chi connectivity index (χ4v) is 9.57. The molecule has 1 saturated carbocycles. The van der Waals surface area contributed by atoms with Crippen molar-refractivity contribution in [3.8, 4) is 5.75 Å². The van der Waals surface area contributed by atoms with E-state index in [9.17, 15) is 21.4 Å². The van der Waals surface area contributed by atoms with Crippen molar-refractivity contribution in [2.24, 2.45) is 0 Å². The first-order valence-electron chi connectivity index (χ1n) is 10.6. The smallest absolute Gasteiger partial charge is 0.339 e. The summed E-state index contributed by atoms with van der Waals surface area (Å²) in [6.07, 6.45) is 7.62. The molecule has 4 rings (SSSR count). The van der Waals surface area contributed by atoms with Crippen LogP contribution in [0.4, 0.5) is 0 Å². The van der Waals surface area contributed by atoms with Gasteiger partial charge in [-0.1, -0.05) is 19.3 Å². The highest BCUT2D eigenvalue weighted by molar-refractivity contribution is 14.1. The molecule has 2 aliphatic rings. The molecule has 0 spiro atoms. The van der Waals surface area contributed by atoms with Crippen molar-refractivity contribution < 1.29 is 25.6 Å². The van der Waals surface area contributed by atoms with E-state index >= 15 is 0 Å². The van der Waals surface area contributed by atoms with Gasteiger partial charge in [0.05, 0.1) is 4.90 Å². The third kappa shape index (κ3) is 5.13. The predicted octanol–water partition coefficient (Wildman–Crippen LogP) is 5.49. The van der Waals surface area contributed by atoms with Gasteiger partial charge in [0.25, 0.3) is 0 Å². The largest absolute Gasteiger partial charge is 0.744 e. The molecule has 32 heavy (non-hydrogen) atoms. The Balaban J connectivity index is 1.80. The first kappa shape index (κ1) is 24.7. The normalized spacial score (nSPS) is 17.7. The third-order valence-corrected chi connectivity index (χ3v) is 9.97. The molecule has 0 aliphatic heterocycles. The average molecular weight is 701 g/mol. The summed E-state index contributed by atoms with van der Waals surface area (Å²) in [6.45, 7) is 0. The second kappa shape index (κ2) is 9.67. The van der Waals surface area contributed by atoms with Gasteiger partial charge in [0.2, 0.25) is 0 Å². The maximum atomic E-state index is 13.5. The van der Waals surface area contributed by atoms with Crippen LogP contribution in [0, 0.1) is 7.14 Å². The molecule has 0 bridgehead atoms. The van der Waals surface area contributed by atoms with Crippen LogP contribution in [0.25, 0.3) is 0 Å². The van der Waals surface area contributed by atoms with Gasteiger partial charge < -0.3 is 8.74 Å². The van der Waals surface area contributed by atoms with Gasteiger partial charge in [-0.05, 0) is 125 Å². The van der Waals surface area contributed by atoms with E-state index in [4.69, 9.17) is 4.18 Å². The first-order chi connectivity index (χ1) is 15.1. The zero-order chi connectivity index (χ0) is 23.1. The number of rotatable bonds is 5. The van der Waals surface area contributed by atoms with Gasteiger partial charge in [-0.2, -0.15) is 8.42 Å². The predicted molar refractivity (Wildman–Crippen MR) is 137 cm³/mol. The van der Waals surface area contributed by atoms with Crippen LogP contribution in [0.5, 0.6) is 5.75 Å². The lowest BCUT2D eigenvalue weighted by Crippen LogP contribution is -2.19. The van der Waals surface area contributed by atoms with E-state index < -0.39 is 20.2 Å². The molecule has 2 aromatic rings. The first-order valence-corrected chi connectivity index (χ1v) is 15.6. The Hall–Kier alpha value is -0.440. The minimum atomic E-state index is -4.65. The van der Waals surface area contributed by atoms with Crippen LogP contribution < -0.4 is 4.18 Å².